The maximum absolute atomic E-state index is 13.2. The Hall–Kier alpha value is -2.27. The number of rotatable bonds is 9. The van der Waals surface area contributed by atoms with Gasteiger partial charge in [-0.1, -0.05) is 31.5 Å². The van der Waals surface area contributed by atoms with Crippen LogP contribution in [-0.4, -0.2) is 54.0 Å². The van der Waals surface area contributed by atoms with Gasteiger partial charge in [0.15, 0.2) is 6.10 Å². The van der Waals surface area contributed by atoms with Gasteiger partial charge in [0, 0.05) is 56.4 Å². The molecule has 1 aromatic heterocycles. The summed E-state index contributed by atoms with van der Waals surface area (Å²) >= 11 is 0. The number of anilines is 1. The molecule has 5 rings (SSSR count). The van der Waals surface area contributed by atoms with Crippen molar-refractivity contribution in [2.45, 2.75) is 51.7 Å². The monoisotopic (exact) mass is 410 g/mol. The van der Waals surface area contributed by atoms with Crippen LogP contribution >= 0.6 is 0 Å². The van der Waals surface area contributed by atoms with Gasteiger partial charge in [0.05, 0.1) is 19.6 Å². The second kappa shape index (κ2) is 9.69. The summed E-state index contributed by atoms with van der Waals surface area (Å²) in [5.41, 5.74) is 0.938. The van der Waals surface area contributed by atoms with E-state index in [0.717, 1.165) is 36.1 Å². The van der Waals surface area contributed by atoms with E-state index in [0.29, 0.717) is 12.5 Å². The summed E-state index contributed by atoms with van der Waals surface area (Å²) in [6.07, 6.45) is 9.75. The third-order valence-electron chi connectivity index (χ3n) is 7.03. The normalized spacial score (nSPS) is 25.2. The molecule has 5 heteroatoms. The highest BCUT2D eigenvalue weighted by molar-refractivity contribution is 5.87. The van der Waals surface area contributed by atoms with Crippen LogP contribution in [0.3, 0.4) is 0 Å². The number of nitrogens with zero attached hydrogens (tertiary/aromatic N) is 3. The molecule has 3 saturated heterocycles. The molecule has 5 nitrogen and oxygen atoms in total. The first-order valence-corrected chi connectivity index (χ1v) is 11.7. The minimum atomic E-state index is -0.168. The van der Waals surface area contributed by atoms with E-state index >= 15 is 0 Å². The van der Waals surface area contributed by atoms with Crippen molar-refractivity contribution in [3.63, 3.8) is 0 Å². The lowest BCUT2D eigenvalue weighted by Crippen LogP contribution is -2.65. The number of carbonyl (C=O) groups excluding carboxylic acids is 1. The molecule has 1 atom stereocenters. The van der Waals surface area contributed by atoms with Crippen LogP contribution in [0.5, 0.6) is 0 Å². The fourth-order valence-corrected chi connectivity index (χ4v) is 5.22. The number of hydrogen-bond donors (Lipinski definition) is 0. The Morgan fingerprint density at radius 3 is 2.53 bits per heavy atom. The van der Waals surface area contributed by atoms with Gasteiger partial charge in [-0.25, -0.2) is 4.79 Å². The van der Waals surface area contributed by atoms with Gasteiger partial charge >= 0.3 is 6.09 Å². The Kier molecular flexibility index (Phi) is 6.78. The Morgan fingerprint density at radius 1 is 1.10 bits per heavy atom. The Balaban J connectivity index is 1.37. The number of unbranched alkanes of at least 4 members (excludes halogenated alkanes) is 1. The molecule has 3 aliphatic heterocycles. The van der Waals surface area contributed by atoms with Gasteiger partial charge in [-0.15, -0.1) is 0 Å². The van der Waals surface area contributed by atoms with Crippen molar-refractivity contribution in [1.82, 2.24) is 4.57 Å². The second-order valence-corrected chi connectivity index (χ2v) is 9.07. The van der Waals surface area contributed by atoms with Crippen LogP contribution in [0.4, 0.5) is 10.5 Å². The molecular formula is C25H36N3O2+. The van der Waals surface area contributed by atoms with Crippen molar-refractivity contribution < 1.29 is 14.0 Å². The minimum absolute atomic E-state index is 0.0550. The molecule has 3 fully saturated rings. The van der Waals surface area contributed by atoms with Crippen LogP contribution in [0.2, 0.25) is 0 Å². The van der Waals surface area contributed by atoms with Crippen molar-refractivity contribution in [3.8, 4) is 0 Å². The molecule has 30 heavy (non-hydrogen) atoms. The van der Waals surface area contributed by atoms with Crippen molar-refractivity contribution >= 4 is 11.8 Å². The average Bonchev–Trinajstić information content (AvgIpc) is 3.29. The fraction of sp³-hybridized carbons (Fsp3) is 0.560. The SMILES string of the molecule is CCCCN(C(=O)O[C@H]1C[N+]2(CCCn3cccc3)CCC1CC2)c1ccccc1. The highest BCUT2D eigenvalue weighted by atomic mass is 16.6. The standard InChI is InChI=1S/C25H36N3O2/c1-2-3-17-27(23-10-5-4-6-11-23)25(29)30-24-21-28(19-12-22(24)13-20-28)18-9-16-26-14-7-8-15-26/h4-8,10-11,14-15,22,24H,2-3,9,12-13,16-21H2,1H3/q+1/t22?,24-,28?/m0/s1. The topological polar surface area (TPSA) is 34.5 Å². The molecule has 1 amide bonds. The summed E-state index contributed by atoms with van der Waals surface area (Å²) in [5.74, 6) is 0.530. The lowest BCUT2D eigenvalue weighted by Gasteiger charge is -2.52. The van der Waals surface area contributed by atoms with Gasteiger partial charge < -0.3 is 13.8 Å². The molecule has 0 aliphatic carbocycles. The summed E-state index contributed by atoms with van der Waals surface area (Å²) in [5, 5.41) is 0. The largest absolute Gasteiger partial charge is 0.440 e. The van der Waals surface area contributed by atoms with Crippen molar-refractivity contribution in [1.29, 1.82) is 0 Å². The van der Waals surface area contributed by atoms with Crippen LogP contribution in [0.1, 0.15) is 39.0 Å². The molecule has 0 saturated carbocycles. The van der Waals surface area contributed by atoms with E-state index in [1.807, 2.05) is 35.2 Å². The number of para-hydroxylation sites is 1. The maximum atomic E-state index is 13.2. The first kappa shape index (κ1) is 21.0. The van der Waals surface area contributed by atoms with Gasteiger partial charge in [-0.05, 0) is 30.7 Å². The van der Waals surface area contributed by atoms with Gasteiger partial charge in [0.1, 0.15) is 6.54 Å². The van der Waals surface area contributed by atoms with Gasteiger partial charge in [0.25, 0.3) is 0 Å². The van der Waals surface area contributed by atoms with Crippen LogP contribution in [-0.2, 0) is 11.3 Å². The number of hydrogen-bond acceptors (Lipinski definition) is 2. The zero-order valence-corrected chi connectivity index (χ0v) is 18.3. The fourth-order valence-electron chi connectivity index (χ4n) is 5.22. The number of ether oxygens (including phenoxy) is 1. The lowest BCUT2D eigenvalue weighted by molar-refractivity contribution is -0.946. The molecule has 0 radical (unpaired) electrons. The van der Waals surface area contributed by atoms with Gasteiger partial charge in [0.2, 0.25) is 0 Å². The number of carbonyl (C=O) groups is 1. The van der Waals surface area contributed by atoms with Gasteiger partial charge in [-0.2, -0.15) is 0 Å². The number of amides is 1. The van der Waals surface area contributed by atoms with E-state index in [1.165, 1.54) is 38.9 Å². The molecule has 162 valence electrons. The van der Waals surface area contributed by atoms with E-state index in [2.05, 4.69) is 36.0 Å². The second-order valence-electron chi connectivity index (χ2n) is 9.07. The van der Waals surface area contributed by atoms with Gasteiger partial charge in [-0.3, -0.25) is 4.90 Å². The predicted octanol–water partition coefficient (Wildman–Crippen LogP) is 4.93. The molecule has 0 unspecified atom stereocenters. The van der Waals surface area contributed by atoms with Crippen LogP contribution < -0.4 is 4.90 Å². The quantitative estimate of drug-likeness (QED) is 0.549. The molecule has 3 aliphatic rings. The average molecular weight is 411 g/mol. The van der Waals surface area contributed by atoms with E-state index in [9.17, 15) is 4.79 Å². The summed E-state index contributed by atoms with van der Waals surface area (Å²) in [7, 11) is 0. The highest BCUT2D eigenvalue weighted by Crippen LogP contribution is 2.36. The summed E-state index contributed by atoms with van der Waals surface area (Å²) in [6.45, 7) is 8.58. The summed E-state index contributed by atoms with van der Waals surface area (Å²) in [6, 6.07) is 14.1. The molecule has 4 heterocycles. The zero-order chi connectivity index (χ0) is 20.8. The number of fused-ring (bicyclic) bond motifs is 3. The first-order valence-electron chi connectivity index (χ1n) is 11.7. The number of benzene rings is 1. The lowest BCUT2D eigenvalue weighted by atomic mass is 9.83. The van der Waals surface area contributed by atoms with E-state index in [4.69, 9.17) is 4.74 Å². The number of aryl methyl sites for hydroxylation is 1. The highest BCUT2D eigenvalue weighted by Gasteiger charge is 2.47. The summed E-state index contributed by atoms with van der Waals surface area (Å²) < 4.78 is 9.57. The van der Waals surface area contributed by atoms with Crippen LogP contribution in [0.15, 0.2) is 54.9 Å². The van der Waals surface area contributed by atoms with Crippen LogP contribution in [0, 0.1) is 5.92 Å². The van der Waals surface area contributed by atoms with Crippen LogP contribution in [0.25, 0.3) is 0 Å². The minimum Gasteiger partial charge on any atom is -0.440 e. The Bertz CT molecular complexity index is 782. The van der Waals surface area contributed by atoms with Crippen molar-refractivity contribution in [3.05, 3.63) is 54.9 Å². The summed E-state index contributed by atoms with van der Waals surface area (Å²) in [4.78, 5) is 15.0. The molecular weight excluding hydrogens is 374 g/mol. The van der Waals surface area contributed by atoms with E-state index in [-0.39, 0.29) is 12.2 Å². The number of quaternary nitrogens is 1. The maximum Gasteiger partial charge on any atom is 0.414 e. The molecule has 0 N–H and O–H groups in total. The Labute approximate surface area is 180 Å². The smallest absolute Gasteiger partial charge is 0.414 e. The molecule has 2 aromatic rings. The molecule has 0 spiro atoms. The van der Waals surface area contributed by atoms with E-state index < -0.39 is 0 Å². The first-order chi connectivity index (χ1) is 14.7. The van der Waals surface area contributed by atoms with Crippen molar-refractivity contribution in [2.75, 3.05) is 37.6 Å². The molecule has 1 aromatic carbocycles. The number of aromatic nitrogens is 1. The van der Waals surface area contributed by atoms with E-state index in [1.54, 1.807) is 0 Å². The Morgan fingerprint density at radius 2 is 1.83 bits per heavy atom. The third kappa shape index (κ3) is 4.89. The predicted molar refractivity (Wildman–Crippen MR) is 120 cm³/mol. The zero-order valence-electron chi connectivity index (χ0n) is 18.3. The number of piperidine rings is 3. The molecule has 2 bridgehead atoms. The third-order valence-corrected chi connectivity index (χ3v) is 7.03. The van der Waals surface area contributed by atoms with Crippen molar-refractivity contribution in [2.24, 2.45) is 5.92 Å².